The Labute approximate surface area is 173 Å². The number of aromatic nitrogens is 2. The first-order valence-corrected chi connectivity index (χ1v) is 10.0. The highest BCUT2D eigenvalue weighted by Gasteiger charge is 2.13. The number of furan rings is 1. The molecule has 0 aliphatic heterocycles. The molecular weight excluding hydrogens is 374 g/mol. The molecule has 5 rings (SSSR count). The Morgan fingerprint density at radius 2 is 1.87 bits per heavy atom. The van der Waals surface area contributed by atoms with Crippen LogP contribution in [0.2, 0.25) is 0 Å². The molecule has 148 valence electrons. The Bertz CT molecular complexity index is 1300. The van der Waals surface area contributed by atoms with Gasteiger partial charge < -0.3 is 9.73 Å². The van der Waals surface area contributed by atoms with Gasteiger partial charge in [-0.15, -0.1) is 0 Å². The first-order chi connectivity index (χ1) is 14.8. The predicted octanol–water partition coefficient (Wildman–Crippen LogP) is 4.67. The molecule has 0 saturated carbocycles. The first kappa shape index (κ1) is 18.2. The molecule has 0 fully saturated rings. The number of hydrogen-bond acceptors (Lipinski definition) is 3. The van der Waals surface area contributed by atoms with E-state index in [1.54, 1.807) is 12.5 Å². The highest BCUT2D eigenvalue weighted by Crippen LogP contribution is 2.30. The maximum atomic E-state index is 12.5. The largest absolute Gasteiger partial charge is 0.464 e. The second-order valence-electron chi connectivity index (χ2n) is 7.31. The molecule has 3 aromatic carbocycles. The summed E-state index contributed by atoms with van der Waals surface area (Å²) in [6.07, 6.45) is 6.46. The molecule has 0 unspecified atom stereocenters. The van der Waals surface area contributed by atoms with Crippen LogP contribution in [0.15, 0.2) is 89.8 Å². The van der Waals surface area contributed by atoms with Gasteiger partial charge in [0, 0.05) is 29.9 Å². The number of carbonyl (C=O) groups excluding carboxylic acids is 1. The van der Waals surface area contributed by atoms with Crippen LogP contribution in [0.3, 0.4) is 0 Å². The average molecular weight is 395 g/mol. The van der Waals surface area contributed by atoms with Crippen LogP contribution in [0.5, 0.6) is 0 Å². The van der Waals surface area contributed by atoms with E-state index in [1.807, 2.05) is 53.3 Å². The third-order valence-corrected chi connectivity index (χ3v) is 5.33. The van der Waals surface area contributed by atoms with E-state index in [1.165, 1.54) is 5.56 Å². The summed E-state index contributed by atoms with van der Waals surface area (Å²) in [5.74, 6) is -0.00112. The zero-order valence-corrected chi connectivity index (χ0v) is 16.4. The topological polar surface area (TPSA) is 60.1 Å². The minimum absolute atomic E-state index is 0.00112. The molecule has 0 aliphatic rings. The van der Waals surface area contributed by atoms with Gasteiger partial charge in [0.05, 0.1) is 18.4 Å². The number of fused-ring (bicyclic) bond motifs is 3. The van der Waals surface area contributed by atoms with Crippen LogP contribution in [0.4, 0.5) is 0 Å². The number of nitrogens with one attached hydrogen (secondary N) is 1. The van der Waals surface area contributed by atoms with Gasteiger partial charge >= 0.3 is 0 Å². The monoisotopic (exact) mass is 395 g/mol. The first-order valence-electron chi connectivity index (χ1n) is 10.0. The van der Waals surface area contributed by atoms with Crippen molar-refractivity contribution in [1.82, 2.24) is 15.1 Å². The molecule has 0 spiro atoms. The quantitative estimate of drug-likeness (QED) is 0.454. The molecule has 0 aliphatic carbocycles. The van der Waals surface area contributed by atoms with E-state index in [4.69, 9.17) is 4.42 Å². The second kappa shape index (κ2) is 7.87. The molecule has 5 nitrogen and oxygen atoms in total. The van der Waals surface area contributed by atoms with Crippen molar-refractivity contribution in [2.24, 2.45) is 0 Å². The van der Waals surface area contributed by atoms with Crippen molar-refractivity contribution in [3.63, 3.8) is 0 Å². The normalized spacial score (nSPS) is 11.2. The van der Waals surface area contributed by atoms with Gasteiger partial charge in [-0.3, -0.25) is 4.79 Å². The molecule has 2 heterocycles. The van der Waals surface area contributed by atoms with Gasteiger partial charge in [-0.2, -0.15) is 5.10 Å². The third kappa shape index (κ3) is 3.57. The molecule has 5 aromatic rings. The summed E-state index contributed by atoms with van der Waals surface area (Å²) >= 11 is 0. The fraction of sp³-hybridized carbons (Fsp3) is 0.120. The molecule has 1 N–H and O–H groups in total. The summed E-state index contributed by atoms with van der Waals surface area (Å²) in [6.45, 7) is 0.594. The number of carbonyl (C=O) groups is 1. The second-order valence-corrected chi connectivity index (χ2v) is 7.31. The fourth-order valence-electron chi connectivity index (χ4n) is 3.82. The van der Waals surface area contributed by atoms with Crippen molar-refractivity contribution in [1.29, 1.82) is 0 Å². The lowest BCUT2D eigenvalue weighted by atomic mass is 10.0. The maximum absolute atomic E-state index is 12.5. The minimum Gasteiger partial charge on any atom is -0.464 e. The smallest absolute Gasteiger partial charge is 0.224 e. The van der Waals surface area contributed by atoms with Crippen molar-refractivity contribution in [2.75, 3.05) is 6.54 Å². The van der Waals surface area contributed by atoms with Gasteiger partial charge in [0.1, 0.15) is 5.58 Å². The van der Waals surface area contributed by atoms with Crippen molar-refractivity contribution in [3.8, 4) is 5.69 Å². The number of amides is 1. The summed E-state index contributed by atoms with van der Waals surface area (Å²) in [4.78, 5) is 12.5. The highest BCUT2D eigenvalue weighted by molar-refractivity contribution is 6.08. The van der Waals surface area contributed by atoms with Crippen LogP contribution in [0.1, 0.15) is 11.1 Å². The molecule has 5 heteroatoms. The maximum Gasteiger partial charge on any atom is 0.224 e. The molecule has 0 saturated heterocycles. The van der Waals surface area contributed by atoms with Crippen LogP contribution in [0.25, 0.3) is 27.4 Å². The summed E-state index contributed by atoms with van der Waals surface area (Å²) in [6, 6.07) is 22.3. The lowest BCUT2D eigenvalue weighted by Gasteiger charge is -2.07. The molecular formula is C25H21N3O2. The van der Waals surface area contributed by atoms with E-state index in [2.05, 4.69) is 34.7 Å². The Balaban J connectivity index is 1.22. The van der Waals surface area contributed by atoms with E-state index in [9.17, 15) is 4.79 Å². The van der Waals surface area contributed by atoms with E-state index >= 15 is 0 Å². The van der Waals surface area contributed by atoms with Gasteiger partial charge in [0.15, 0.2) is 0 Å². The zero-order valence-electron chi connectivity index (χ0n) is 16.4. The lowest BCUT2D eigenvalue weighted by Crippen LogP contribution is -2.27. The van der Waals surface area contributed by atoms with Gasteiger partial charge in [0.25, 0.3) is 0 Å². The van der Waals surface area contributed by atoms with Gasteiger partial charge in [0.2, 0.25) is 5.91 Å². The van der Waals surface area contributed by atoms with Crippen LogP contribution in [0, 0.1) is 0 Å². The molecule has 0 radical (unpaired) electrons. The number of benzene rings is 3. The van der Waals surface area contributed by atoms with Gasteiger partial charge in [-0.1, -0.05) is 42.5 Å². The average Bonchev–Trinajstić information content (AvgIpc) is 3.45. The van der Waals surface area contributed by atoms with Crippen molar-refractivity contribution >= 4 is 27.6 Å². The highest BCUT2D eigenvalue weighted by atomic mass is 16.3. The SMILES string of the molecule is O=C(Cc1coc2ccc3ccccc3c12)NCCc1ccc(-n2cccn2)cc1. The summed E-state index contributed by atoms with van der Waals surface area (Å²) in [5, 5.41) is 10.5. The van der Waals surface area contributed by atoms with E-state index in [-0.39, 0.29) is 5.91 Å². The van der Waals surface area contributed by atoms with Crippen molar-refractivity contribution in [3.05, 3.63) is 96.5 Å². The molecule has 1 amide bonds. The molecule has 30 heavy (non-hydrogen) atoms. The summed E-state index contributed by atoms with van der Waals surface area (Å²) in [7, 11) is 0. The molecule has 2 aromatic heterocycles. The van der Waals surface area contributed by atoms with Crippen molar-refractivity contribution in [2.45, 2.75) is 12.8 Å². The zero-order chi connectivity index (χ0) is 20.3. The Hall–Kier alpha value is -3.86. The fourth-order valence-corrected chi connectivity index (χ4v) is 3.82. The van der Waals surface area contributed by atoms with Crippen LogP contribution in [-0.4, -0.2) is 22.2 Å². The number of hydrogen-bond donors (Lipinski definition) is 1. The Kier molecular flexibility index (Phi) is 4.77. The van der Waals surface area contributed by atoms with E-state index < -0.39 is 0 Å². The van der Waals surface area contributed by atoms with Gasteiger partial charge in [-0.05, 0) is 47.0 Å². The van der Waals surface area contributed by atoms with E-state index in [0.717, 1.165) is 39.4 Å². The predicted molar refractivity (Wildman–Crippen MR) is 118 cm³/mol. The Morgan fingerprint density at radius 1 is 1.00 bits per heavy atom. The summed E-state index contributed by atoms with van der Waals surface area (Å²) < 4.78 is 7.51. The van der Waals surface area contributed by atoms with Crippen molar-refractivity contribution < 1.29 is 9.21 Å². The number of nitrogens with zero attached hydrogens (tertiary/aromatic N) is 2. The van der Waals surface area contributed by atoms with Crippen LogP contribution < -0.4 is 5.32 Å². The van der Waals surface area contributed by atoms with E-state index in [0.29, 0.717) is 13.0 Å². The lowest BCUT2D eigenvalue weighted by molar-refractivity contribution is -0.120. The van der Waals surface area contributed by atoms with Gasteiger partial charge in [-0.25, -0.2) is 4.68 Å². The van der Waals surface area contributed by atoms with Crippen LogP contribution in [-0.2, 0) is 17.6 Å². The van der Waals surface area contributed by atoms with Crippen LogP contribution >= 0.6 is 0 Å². The molecule has 0 atom stereocenters. The minimum atomic E-state index is -0.00112. The molecule has 0 bridgehead atoms. The third-order valence-electron chi connectivity index (χ3n) is 5.33. The summed E-state index contributed by atoms with van der Waals surface area (Å²) in [5.41, 5.74) is 3.93. The Morgan fingerprint density at radius 3 is 2.70 bits per heavy atom. The number of rotatable bonds is 6. The standard InChI is InChI=1S/C25H21N3O2/c29-24(26-14-12-18-6-9-21(10-7-18)28-15-3-13-27-28)16-20-17-30-23-11-8-19-4-1-2-5-22(19)25(20)23/h1-11,13,15,17H,12,14,16H2,(H,26,29).